The fourth-order valence-electron chi connectivity index (χ4n) is 0.943. The predicted molar refractivity (Wildman–Crippen MR) is 51.7 cm³/mol. The Morgan fingerprint density at radius 1 is 1.36 bits per heavy atom. The summed E-state index contributed by atoms with van der Waals surface area (Å²) in [5.41, 5.74) is 6.38. The summed E-state index contributed by atoms with van der Waals surface area (Å²) in [6.45, 7) is 0. The van der Waals surface area contributed by atoms with Crippen molar-refractivity contribution < 1.29 is 14.7 Å². The van der Waals surface area contributed by atoms with Crippen molar-refractivity contribution in [2.45, 2.75) is 6.42 Å². The normalized spacial score (nSPS) is 9.43. The topological polar surface area (TPSA) is 92.4 Å². The number of para-hydroxylation sites is 2. The summed E-state index contributed by atoms with van der Waals surface area (Å²) in [4.78, 5) is 21.2. The number of carbonyl (C=O) groups excluding carboxylic acids is 1. The number of aliphatic carboxylic acids is 1. The van der Waals surface area contributed by atoms with Crippen LogP contribution in [0.1, 0.15) is 6.42 Å². The van der Waals surface area contributed by atoms with Gasteiger partial charge in [-0.05, 0) is 12.1 Å². The van der Waals surface area contributed by atoms with Gasteiger partial charge >= 0.3 is 5.97 Å². The quantitative estimate of drug-likeness (QED) is 0.487. The molecule has 0 aliphatic heterocycles. The van der Waals surface area contributed by atoms with Gasteiger partial charge in [-0.1, -0.05) is 12.1 Å². The third kappa shape index (κ3) is 2.78. The van der Waals surface area contributed by atoms with Gasteiger partial charge in [0.25, 0.3) is 0 Å². The molecule has 1 aromatic rings. The minimum absolute atomic E-state index is 0.409. The minimum Gasteiger partial charge on any atom is -0.481 e. The van der Waals surface area contributed by atoms with Crippen LogP contribution in [-0.4, -0.2) is 17.0 Å². The highest BCUT2D eigenvalue weighted by molar-refractivity contribution is 6.02. The van der Waals surface area contributed by atoms with E-state index in [4.69, 9.17) is 10.8 Å². The first-order valence-corrected chi connectivity index (χ1v) is 3.95. The Balaban J connectivity index is 2.65. The van der Waals surface area contributed by atoms with Gasteiger partial charge in [0.1, 0.15) is 6.42 Å². The predicted octanol–water partition coefficient (Wildman–Crippen LogP) is 0.682. The Morgan fingerprint density at radius 2 is 2.00 bits per heavy atom. The van der Waals surface area contributed by atoms with Gasteiger partial charge in [-0.25, -0.2) is 0 Å². The number of nitrogens with two attached hydrogens (primary N) is 1. The van der Waals surface area contributed by atoms with Crippen LogP contribution in [0, 0.1) is 0 Å². The van der Waals surface area contributed by atoms with E-state index in [2.05, 4.69) is 5.32 Å². The van der Waals surface area contributed by atoms with Crippen molar-refractivity contribution in [1.82, 2.24) is 0 Å². The lowest BCUT2D eigenvalue weighted by atomic mass is 10.2. The Hall–Kier alpha value is -2.04. The second-order valence-electron chi connectivity index (χ2n) is 2.71. The number of nitrogen functional groups attached to an aromatic ring is 1. The molecule has 0 radical (unpaired) electrons. The molecule has 14 heavy (non-hydrogen) atoms. The number of carboxylic acid groups (broad SMARTS) is 1. The van der Waals surface area contributed by atoms with Gasteiger partial charge in [0, 0.05) is 0 Å². The molecule has 1 amide bonds. The van der Waals surface area contributed by atoms with Crippen molar-refractivity contribution in [2.24, 2.45) is 0 Å². The molecule has 0 saturated carbocycles. The molecule has 0 bridgehead atoms. The maximum absolute atomic E-state index is 11.0. The number of amides is 1. The van der Waals surface area contributed by atoms with Gasteiger partial charge < -0.3 is 16.2 Å². The zero-order valence-corrected chi connectivity index (χ0v) is 7.36. The van der Waals surface area contributed by atoms with Gasteiger partial charge in [-0.3, -0.25) is 9.59 Å². The smallest absolute Gasteiger partial charge is 0.312 e. The minimum atomic E-state index is -1.17. The van der Waals surface area contributed by atoms with Crippen LogP contribution in [0.3, 0.4) is 0 Å². The van der Waals surface area contributed by atoms with E-state index in [1.807, 2.05) is 0 Å². The van der Waals surface area contributed by atoms with Gasteiger partial charge in [0.05, 0.1) is 11.4 Å². The number of carboxylic acids is 1. The second kappa shape index (κ2) is 4.27. The van der Waals surface area contributed by atoms with Crippen LogP contribution in [0.15, 0.2) is 24.3 Å². The van der Waals surface area contributed by atoms with E-state index in [0.717, 1.165) is 0 Å². The van der Waals surface area contributed by atoms with Crippen molar-refractivity contribution in [3.05, 3.63) is 24.3 Å². The SMILES string of the molecule is Nc1ccccc1NC(=O)CC(=O)O. The van der Waals surface area contributed by atoms with E-state index >= 15 is 0 Å². The molecule has 0 fully saturated rings. The number of carbonyl (C=O) groups is 2. The Bertz CT molecular complexity index is 363. The maximum Gasteiger partial charge on any atom is 0.312 e. The number of rotatable bonds is 3. The fraction of sp³-hybridized carbons (Fsp3) is 0.111. The summed E-state index contributed by atoms with van der Waals surface area (Å²) in [6, 6.07) is 6.65. The third-order valence-electron chi connectivity index (χ3n) is 1.55. The van der Waals surface area contributed by atoms with Crippen LogP contribution >= 0.6 is 0 Å². The first-order valence-electron chi connectivity index (χ1n) is 3.95. The molecule has 0 unspecified atom stereocenters. The van der Waals surface area contributed by atoms with Crippen molar-refractivity contribution in [3.63, 3.8) is 0 Å². The Kier molecular flexibility index (Phi) is 3.06. The first kappa shape index (κ1) is 10.0. The lowest BCUT2D eigenvalue weighted by Gasteiger charge is -2.05. The lowest BCUT2D eigenvalue weighted by Crippen LogP contribution is -2.16. The molecule has 4 N–H and O–H groups in total. The molecule has 5 heteroatoms. The Labute approximate surface area is 80.5 Å². The largest absolute Gasteiger partial charge is 0.481 e. The summed E-state index contributed by atoms with van der Waals surface area (Å²) in [7, 11) is 0. The van der Waals surface area contributed by atoms with E-state index in [0.29, 0.717) is 11.4 Å². The average molecular weight is 194 g/mol. The van der Waals surface area contributed by atoms with Crippen molar-refractivity contribution in [2.75, 3.05) is 11.1 Å². The monoisotopic (exact) mass is 194 g/mol. The van der Waals surface area contributed by atoms with Crippen LogP contribution in [0.2, 0.25) is 0 Å². The number of benzene rings is 1. The molecule has 74 valence electrons. The zero-order valence-electron chi connectivity index (χ0n) is 7.36. The average Bonchev–Trinajstić information content (AvgIpc) is 2.07. The molecule has 1 rings (SSSR count). The molecular formula is C9H10N2O3. The highest BCUT2D eigenvalue weighted by Gasteiger charge is 2.08. The summed E-state index contributed by atoms with van der Waals surface area (Å²) < 4.78 is 0. The van der Waals surface area contributed by atoms with Crippen LogP contribution in [0.4, 0.5) is 11.4 Å². The third-order valence-corrected chi connectivity index (χ3v) is 1.55. The molecule has 0 heterocycles. The molecule has 1 aromatic carbocycles. The summed E-state index contributed by atoms with van der Waals surface area (Å²) >= 11 is 0. The van der Waals surface area contributed by atoms with E-state index in [9.17, 15) is 9.59 Å². The molecule has 0 aliphatic rings. The van der Waals surface area contributed by atoms with Crippen molar-refractivity contribution in [1.29, 1.82) is 0 Å². The van der Waals surface area contributed by atoms with Crippen LogP contribution in [0.5, 0.6) is 0 Å². The number of anilines is 2. The van der Waals surface area contributed by atoms with Gasteiger partial charge in [-0.15, -0.1) is 0 Å². The number of hydrogen-bond acceptors (Lipinski definition) is 3. The van der Waals surface area contributed by atoms with Crippen LogP contribution in [0.25, 0.3) is 0 Å². The second-order valence-corrected chi connectivity index (χ2v) is 2.71. The van der Waals surface area contributed by atoms with E-state index in [-0.39, 0.29) is 0 Å². The Morgan fingerprint density at radius 3 is 2.57 bits per heavy atom. The zero-order chi connectivity index (χ0) is 10.6. The lowest BCUT2D eigenvalue weighted by molar-refractivity contribution is -0.139. The van der Waals surface area contributed by atoms with Gasteiger partial charge in [0.2, 0.25) is 5.91 Å². The molecular weight excluding hydrogens is 184 g/mol. The summed E-state index contributed by atoms with van der Waals surface area (Å²) in [5.74, 6) is -1.76. The van der Waals surface area contributed by atoms with Crippen molar-refractivity contribution >= 4 is 23.3 Å². The summed E-state index contributed by atoms with van der Waals surface area (Å²) in [6.07, 6.45) is -0.561. The van der Waals surface area contributed by atoms with E-state index in [1.165, 1.54) is 0 Å². The highest BCUT2D eigenvalue weighted by atomic mass is 16.4. The number of nitrogens with one attached hydrogen (secondary N) is 1. The van der Waals surface area contributed by atoms with Gasteiger partial charge in [-0.2, -0.15) is 0 Å². The fourth-order valence-corrected chi connectivity index (χ4v) is 0.943. The molecule has 5 nitrogen and oxygen atoms in total. The molecule has 0 atom stereocenters. The van der Waals surface area contributed by atoms with E-state index < -0.39 is 18.3 Å². The molecule has 0 spiro atoms. The number of hydrogen-bond donors (Lipinski definition) is 3. The maximum atomic E-state index is 11.0. The van der Waals surface area contributed by atoms with Gasteiger partial charge in [0.15, 0.2) is 0 Å². The van der Waals surface area contributed by atoms with Crippen LogP contribution in [-0.2, 0) is 9.59 Å². The first-order chi connectivity index (χ1) is 6.59. The molecule has 0 aliphatic carbocycles. The summed E-state index contributed by atoms with van der Waals surface area (Å²) in [5, 5.41) is 10.7. The highest BCUT2D eigenvalue weighted by Crippen LogP contribution is 2.16. The van der Waals surface area contributed by atoms with Crippen LogP contribution < -0.4 is 11.1 Å². The van der Waals surface area contributed by atoms with Crippen molar-refractivity contribution in [3.8, 4) is 0 Å². The molecule has 0 aromatic heterocycles. The molecule has 0 saturated heterocycles. The standard InChI is InChI=1S/C9H10N2O3/c10-6-3-1-2-4-7(6)11-8(12)5-9(13)14/h1-4H,5,10H2,(H,11,12)(H,13,14). The van der Waals surface area contributed by atoms with E-state index in [1.54, 1.807) is 24.3 Å².